The third-order valence-corrected chi connectivity index (χ3v) is 3.56. The molecule has 0 radical (unpaired) electrons. The summed E-state index contributed by atoms with van der Waals surface area (Å²) in [6.07, 6.45) is -0.359. The van der Waals surface area contributed by atoms with Crippen molar-refractivity contribution in [3.63, 3.8) is 0 Å². The van der Waals surface area contributed by atoms with E-state index >= 15 is 0 Å². The Morgan fingerprint density at radius 2 is 2.18 bits per heavy atom. The maximum Gasteiger partial charge on any atom is 0.407 e. The molecule has 1 saturated heterocycles. The van der Waals surface area contributed by atoms with E-state index in [0.717, 1.165) is 16.1 Å². The molecule has 0 bridgehead atoms. The molecule has 1 aliphatic heterocycles. The Bertz CT molecular complexity index is 457. The van der Waals surface area contributed by atoms with E-state index in [9.17, 15) is 4.79 Å². The highest BCUT2D eigenvalue weighted by Gasteiger charge is 2.37. The zero-order chi connectivity index (χ0) is 12.6. The van der Waals surface area contributed by atoms with Crippen molar-refractivity contribution < 1.29 is 9.53 Å². The molecule has 4 heteroatoms. The van der Waals surface area contributed by atoms with Crippen LogP contribution in [-0.4, -0.2) is 12.7 Å². The van der Waals surface area contributed by atoms with Crippen molar-refractivity contribution >= 4 is 17.7 Å². The molecule has 3 nitrogen and oxygen atoms in total. The van der Waals surface area contributed by atoms with E-state index in [0.29, 0.717) is 6.61 Å². The Morgan fingerprint density at radius 3 is 2.82 bits per heavy atom. The van der Waals surface area contributed by atoms with Crippen molar-refractivity contribution in [2.45, 2.75) is 26.8 Å². The van der Waals surface area contributed by atoms with E-state index < -0.39 is 0 Å². The van der Waals surface area contributed by atoms with E-state index in [1.54, 1.807) is 0 Å². The lowest BCUT2D eigenvalue weighted by Crippen LogP contribution is -2.46. The third-order valence-electron chi connectivity index (χ3n) is 3.13. The van der Waals surface area contributed by atoms with Gasteiger partial charge in [-0.2, -0.15) is 0 Å². The Labute approximate surface area is 106 Å². The summed E-state index contributed by atoms with van der Waals surface area (Å²) in [4.78, 5) is 11.3. The van der Waals surface area contributed by atoms with E-state index in [2.05, 4.69) is 19.2 Å². The molecule has 1 aromatic rings. The van der Waals surface area contributed by atoms with E-state index in [1.807, 2.05) is 25.1 Å². The number of amides is 1. The van der Waals surface area contributed by atoms with Crippen LogP contribution in [0.25, 0.3) is 0 Å². The third kappa shape index (κ3) is 2.39. The van der Waals surface area contributed by atoms with Crippen LogP contribution in [0.2, 0.25) is 5.02 Å². The quantitative estimate of drug-likeness (QED) is 0.832. The highest BCUT2D eigenvalue weighted by Crippen LogP contribution is 2.37. The number of alkyl carbamates (subject to hydrolysis) is 1. The lowest BCUT2D eigenvalue weighted by atomic mass is 9.80. The van der Waals surface area contributed by atoms with Crippen molar-refractivity contribution in [1.82, 2.24) is 5.32 Å². The molecule has 0 unspecified atom stereocenters. The van der Waals surface area contributed by atoms with Crippen LogP contribution in [0.4, 0.5) is 4.79 Å². The molecule has 0 aliphatic carbocycles. The first-order chi connectivity index (χ1) is 7.90. The van der Waals surface area contributed by atoms with Gasteiger partial charge in [-0.25, -0.2) is 4.79 Å². The van der Waals surface area contributed by atoms with Gasteiger partial charge in [0.2, 0.25) is 0 Å². The summed E-state index contributed by atoms with van der Waals surface area (Å²) < 4.78 is 5.02. The molecule has 17 heavy (non-hydrogen) atoms. The minimum absolute atomic E-state index is 0.0419. The first-order valence-corrected chi connectivity index (χ1v) is 5.97. The summed E-state index contributed by atoms with van der Waals surface area (Å²) in [6, 6.07) is 5.79. The van der Waals surface area contributed by atoms with Crippen LogP contribution < -0.4 is 5.32 Å². The minimum atomic E-state index is -0.359. The Balaban J connectivity index is 2.36. The summed E-state index contributed by atoms with van der Waals surface area (Å²) in [5.41, 5.74) is 1.95. The second-order valence-electron chi connectivity index (χ2n) is 5.15. The number of nitrogens with one attached hydrogen (secondary N) is 1. The molecular formula is C13H16ClNO2. The molecule has 1 aliphatic rings. The average Bonchev–Trinajstić information content (AvgIpc) is 2.26. The lowest BCUT2D eigenvalue weighted by molar-refractivity contribution is 0.0387. The first-order valence-electron chi connectivity index (χ1n) is 5.59. The average molecular weight is 254 g/mol. The number of aryl methyl sites for hydroxylation is 1. The zero-order valence-corrected chi connectivity index (χ0v) is 11.0. The molecule has 0 saturated carbocycles. The summed E-state index contributed by atoms with van der Waals surface area (Å²) in [6.45, 7) is 6.52. The van der Waals surface area contributed by atoms with Gasteiger partial charge < -0.3 is 10.1 Å². The van der Waals surface area contributed by atoms with Gasteiger partial charge in [0.25, 0.3) is 0 Å². The number of carbonyl (C=O) groups is 1. The highest BCUT2D eigenvalue weighted by atomic mass is 35.5. The number of ether oxygens (including phenoxy) is 1. The number of cyclic esters (lactones) is 1. The van der Waals surface area contributed by atoms with E-state index in [1.165, 1.54) is 0 Å². The number of carbonyl (C=O) groups excluding carboxylic acids is 1. The number of benzene rings is 1. The van der Waals surface area contributed by atoms with Crippen LogP contribution in [0.1, 0.15) is 31.0 Å². The van der Waals surface area contributed by atoms with Crippen LogP contribution in [0.5, 0.6) is 0 Å². The molecule has 92 valence electrons. The van der Waals surface area contributed by atoms with E-state index in [-0.39, 0.29) is 17.6 Å². The molecule has 2 rings (SSSR count). The van der Waals surface area contributed by atoms with Gasteiger partial charge in [0, 0.05) is 10.4 Å². The van der Waals surface area contributed by atoms with Gasteiger partial charge >= 0.3 is 6.09 Å². The van der Waals surface area contributed by atoms with Gasteiger partial charge in [0.05, 0.1) is 6.04 Å². The molecule has 1 heterocycles. The molecule has 1 amide bonds. The van der Waals surface area contributed by atoms with Crippen LogP contribution >= 0.6 is 11.6 Å². The number of halogens is 1. The number of hydrogen-bond acceptors (Lipinski definition) is 2. The topological polar surface area (TPSA) is 38.3 Å². The normalized spacial score (nSPS) is 22.8. The standard InChI is InChI=1S/C13H16ClNO2/c1-8-6-9(4-5-10(8)14)11-13(2,3)7-17-12(16)15-11/h4-6,11H,7H2,1-3H3,(H,15,16)/t11-/m1/s1. The van der Waals surface area contributed by atoms with Crippen molar-refractivity contribution in [3.8, 4) is 0 Å². The van der Waals surface area contributed by atoms with Crippen LogP contribution in [0.15, 0.2) is 18.2 Å². The maximum atomic E-state index is 11.3. The largest absolute Gasteiger partial charge is 0.449 e. The lowest BCUT2D eigenvalue weighted by Gasteiger charge is -2.38. The molecule has 1 aromatic carbocycles. The predicted octanol–water partition coefficient (Wildman–Crippen LogP) is 3.46. The van der Waals surface area contributed by atoms with Crippen molar-refractivity contribution in [1.29, 1.82) is 0 Å². The second-order valence-corrected chi connectivity index (χ2v) is 5.56. The van der Waals surface area contributed by atoms with Crippen molar-refractivity contribution in [2.24, 2.45) is 5.41 Å². The summed E-state index contributed by atoms with van der Waals surface area (Å²) in [5, 5.41) is 3.61. The fraction of sp³-hybridized carbons (Fsp3) is 0.462. The van der Waals surface area contributed by atoms with Crippen LogP contribution in [0, 0.1) is 12.3 Å². The fourth-order valence-electron chi connectivity index (χ4n) is 2.07. The summed E-state index contributed by atoms with van der Waals surface area (Å²) >= 11 is 6.01. The number of rotatable bonds is 1. The van der Waals surface area contributed by atoms with Gasteiger partial charge in [-0.15, -0.1) is 0 Å². The van der Waals surface area contributed by atoms with Gasteiger partial charge in [-0.3, -0.25) is 0 Å². The summed E-state index contributed by atoms with van der Waals surface area (Å²) in [7, 11) is 0. The van der Waals surface area contributed by atoms with Crippen LogP contribution in [0.3, 0.4) is 0 Å². The smallest absolute Gasteiger partial charge is 0.407 e. The van der Waals surface area contributed by atoms with Gasteiger partial charge in [0.1, 0.15) is 6.61 Å². The fourth-order valence-corrected chi connectivity index (χ4v) is 2.19. The van der Waals surface area contributed by atoms with Gasteiger partial charge in [-0.05, 0) is 24.1 Å². The SMILES string of the molecule is Cc1cc([C@H]2NC(=O)OCC2(C)C)ccc1Cl. The monoisotopic (exact) mass is 253 g/mol. The first kappa shape index (κ1) is 12.2. The second kappa shape index (κ2) is 4.22. The Kier molecular flexibility index (Phi) is 3.04. The maximum absolute atomic E-state index is 11.3. The highest BCUT2D eigenvalue weighted by molar-refractivity contribution is 6.31. The zero-order valence-electron chi connectivity index (χ0n) is 10.2. The van der Waals surface area contributed by atoms with Crippen molar-refractivity contribution in [3.05, 3.63) is 34.3 Å². The molecule has 1 N–H and O–H groups in total. The minimum Gasteiger partial charge on any atom is -0.449 e. The van der Waals surface area contributed by atoms with Gasteiger partial charge in [-0.1, -0.05) is 37.6 Å². The molecule has 0 aromatic heterocycles. The molecule has 0 spiro atoms. The van der Waals surface area contributed by atoms with Gasteiger partial charge in [0.15, 0.2) is 0 Å². The molecule has 1 fully saturated rings. The number of hydrogen-bond donors (Lipinski definition) is 1. The van der Waals surface area contributed by atoms with E-state index in [4.69, 9.17) is 16.3 Å². The van der Waals surface area contributed by atoms with Crippen LogP contribution in [-0.2, 0) is 4.74 Å². The summed E-state index contributed by atoms with van der Waals surface area (Å²) in [5.74, 6) is 0. The molecule has 1 atom stereocenters. The molecular weight excluding hydrogens is 238 g/mol. The Hall–Kier alpha value is -1.22. The van der Waals surface area contributed by atoms with Crippen molar-refractivity contribution in [2.75, 3.05) is 6.61 Å². The Morgan fingerprint density at radius 1 is 1.47 bits per heavy atom. The predicted molar refractivity (Wildman–Crippen MR) is 67.2 cm³/mol.